The molecule has 0 spiro atoms. The van der Waals surface area contributed by atoms with Crippen molar-refractivity contribution in [3.8, 4) is 27.9 Å². The molecule has 0 fully saturated rings. The summed E-state index contributed by atoms with van der Waals surface area (Å²) >= 11 is 6.05. The molecule has 0 saturated carbocycles. The van der Waals surface area contributed by atoms with Crippen LogP contribution in [0.2, 0.25) is 5.02 Å². The van der Waals surface area contributed by atoms with Gasteiger partial charge < -0.3 is 4.57 Å². The molecule has 1 aromatic heterocycles. The van der Waals surface area contributed by atoms with Gasteiger partial charge in [-0.3, -0.25) is 0 Å². The molecule has 0 N–H and O–H groups in total. The maximum atomic E-state index is 6.05. The molecule has 0 aliphatic carbocycles. The Kier molecular flexibility index (Phi) is 4.56. The maximum absolute atomic E-state index is 6.05. The number of rotatable bonds is 3. The molecule has 0 bridgehead atoms. The molecule has 6 rings (SSSR count). The van der Waals surface area contributed by atoms with Crippen LogP contribution in [0.5, 0.6) is 0 Å². The zero-order valence-corrected chi connectivity index (χ0v) is 18.1. The van der Waals surface area contributed by atoms with Crippen LogP contribution in [0, 0.1) is 0 Å². The van der Waals surface area contributed by atoms with Crippen LogP contribution in [0.25, 0.3) is 49.7 Å². The van der Waals surface area contributed by atoms with Crippen LogP contribution in [0.1, 0.15) is 0 Å². The van der Waals surface area contributed by atoms with Gasteiger partial charge in [0.25, 0.3) is 0 Å². The molecule has 0 aliphatic heterocycles. The number of hydrogen-bond donors (Lipinski definition) is 0. The van der Waals surface area contributed by atoms with Gasteiger partial charge in [-0.15, -0.1) is 0 Å². The summed E-state index contributed by atoms with van der Waals surface area (Å²) in [7, 11) is 0. The van der Waals surface area contributed by atoms with Crippen molar-refractivity contribution in [3.05, 3.63) is 126 Å². The van der Waals surface area contributed by atoms with Crippen LogP contribution in [-0.4, -0.2) is 4.57 Å². The van der Waals surface area contributed by atoms with E-state index in [1.165, 1.54) is 49.7 Å². The van der Waals surface area contributed by atoms with Gasteiger partial charge >= 0.3 is 0 Å². The third-order valence-electron chi connectivity index (χ3n) is 6.09. The molecule has 1 heterocycles. The van der Waals surface area contributed by atoms with Crippen LogP contribution in [0.4, 0.5) is 0 Å². The Hall–Kier alpha value is -3.81. The van der Waals surface area contributed by atoms with Gasteiger partial charge in [-0.25, -0.2) is 0 Å². The first-order valence-corrected chi connectivity index (χ1v) is 11.1. The predicted octanol–water partition coefficient (Wildman–Crippen LogP) is 8.77. The van der Waals surface area contributed by atoms with Gasteiger partial charge in [-0.1, -0.05) is 96.5 Å². The monoisotopic (exact) mass is 429 g/mol. The smallest absolute Gasteiger partial charge is 0.0547 e. The van der Waals surface area contributed by atoms with Gasteiger partial charge in [-0.2, -0.15) is 0 Å². The van der Waals surface area contributed by atoms with E-state index < -0.39 is 0 Å². The van der Waals surface area contributed by atoms with E-state index in [0.29, 0.717) is 0 Å². The fraction of sp³-hybridized carbons (Fsp3) is 0. The standard InChI is InChI=1S/C30H20ClN/c31-24-19-17-22(18-20-24)21-13-15-23(16-14-21)26-10-6-12-29-30(26)27-9-4-5-11-28(27)32(29)25-7-2-1-3-8-25/h1-20H. The first kappa shape index (κ1) is 18.9. The number of halogens is 1. The van der Waals surface area contributed by atoms with Crippen molar-refractivity contribution in [2.75, 3.05) is 0 Å². The molecule has 0 saturated heterocycles. The average Bonchev–Trinajstić information content (AvgIpc) is 3.20. The number of para-hydroxylation sites is 2. The van der Waals surface area contributed by atoms with E-state index >= 15 is 0 Å². The van der Waals surface area contributed by atoms with Crippen molar-refractivity contribution in [1.82, 2.24) is 4.57 Å². The fourth-order valence-corrected chi connectivity index (χ4v) is 4.73. The highest BCUT2D eigenvalue weighted by Gasteiger charge is 2.15. The van der Waals surface area contributed by atoms with E-state index in [9.17, 15) is 0 Å². The highest BCUT2D eigenvalue weighted by atomic mass is 35.5. The lowest BCUT2D eigenvalue weighted by molar-refractivity contribution is 1.18. The second-order valence-corrected chi connectivity index (χ2v) is 8.41. The third kappa shape index (κ3) is 3.10. The van der Waals surface area contributed by atoms with E-state index in [1.54, 1.807) is 0 Å². The lowest BCUT2D eigenvalue weighted by Gasteiger charge is -2.09. The topological polar surface area (TPSA) is 4.93 Å². The largest absolute Gasteiger partial charge is 0.309 e. The molecule has 0 radical (unpaired) electrons. The Morgan fingerprint density at radius 2 is 1.06 bits per heavy atom. The Morgan fingerprint density at radius 1 is 0.469 bits per heavy atom. The summed E-state index contributed by atoms with van der Waals surface area (Å²) in [5.74, 6) is 0. The van der Waals surface area contributed by atoms with Crippen molar-refractivity contribution in [3.63, 3.8) is 0 Å². The van der Waals surface area contributed by atoms with E-state index in [4.69, 9.17) is 11.6 Å². The van der Waals surface area contributed by atoms with Gasteiger partial charge in [0.15, 0.2) is 0 Å². The van der Waals surface area contributed by atoms with Gasteiger partial charge in [0, 0.05) is 21.5 Å². The van der Waals surface area contributed by atoms with E-state index in [2.05, 4.69) is 114 Å². The molecule has 6 aromatic rings. The SMILES string of the molecule is Clc1ccc(-c2ccc(-c3cccc4c3c3ccccc3n4-c3ccccc3)cc2)cc1. The van der Waals surface area contributed by atoms with E-state index in [-0.39, 0.29) is 0 Å². The van der Waals surface area contributed by atoms with Crippen molar-refractivity contribution in [2.45, 2.75) is 0 Å². The van der Waals surface area contributed by atoms with Crippen molar-refractivity contribution >= 4 is 33.4 Å². The summed E-state index contributed by atoms with van der Waals surface area (Å²) in [5, 5.41) is 3.31. The second kappa shape index (κ2) is 7.71. The number of aromatic nitrogens is 1. The normalized spacial score (nSPS) is 11.3. The van der Waals surface area contributed by atoms with Gasteiger partial charge in [0.1, 0.15) is 0 Å². The summed E-state index contributed by atoms with van der Waals surface area (Å²) in [5.41, 5.74) is 8.43. The van der Waals surface area contributed by atoms with Crippen LogP contribution in [0.15, 0.2) is 121 Å². The van der Waals surface area contributed by atoms with Crippen LogP contribution < -0.4 is 0 Å². The minimum atomic E-state index is 0.756. The summed E-state index contributed by atoms with van der Waals surface area (Å²) < 4.78 is 2.36. The third-order valence-corrected chi connectivity index (χ3v) is 6.34. The summed E-state index contributed by atoms with van der Waals surface area (Å²) in [6.45, 7) is 0. The van der Waals surface area contributed by atoms with Gasteiger partial charge in [-0.05, 0) is 58.7 Å². The fourth-order valence-electron chi connectivity index (χ4n) is 4.60. The van der Waals surface area contributed by atoms with Crippen LogP contribution in [-0.2, 0) is 0 Å². The molecular weight excluding hydrogens is 410 g/mol. The highest BCUT2D eigenvalue weighted by Crippen LogP contribution is 2.38. The maximum Gasteiger partial charge on any atom is 0.0547 e. The molecule has 0 amide bonds. The zero-order valence-electron chi connectivity index (χ0n) is 17.4. The first-order chi connectivity index (χ1) is 15.8. The number of hydrogen-bond acceptors (Lipinski definition) is 0. The molecule has 0 unspecified atom stereocenters. The van der Waals surface area contributed by atoms with Crippen LogP contribution in [0.3, 0.4) is 0 Å². The van der Waals surface area contributed by atoms with E-state index in [0.717, 1.165) is 5.02 Å². The number of fused-ring (bicyclic) bond motifs is 3. The Bertz CT molecular complexity index is 1540. The first-order valence-electron chi connectivity index (χ1n) is 10.7. The van der Waals surface area contributed by atoms with Gasteiger partial charge in [0.2, 0.25) is 0 Å². The molecular formula is C30H20ClN. The van der Waals surface area contributed by atoms with Crippen molar-refractivity contribution < 1.29 is 0 Å². The summed E-state index contributed by atoms with van der Waals surface area (Å²) in [6, 6.07) is 42.6. The lowest BCUT2D eigenvalue weighted by Crippen LogP contribution is -1.92. The molecule has 5 aromatic carbocycles. The predicted molar refractivity (Wildman–Crippen MR) is 137 cm³/mol. The number of benzene rings is 5. The summed E-state index contributed by atoms with van der Waals surface area (Å²) in [4.78, 5) is 0. The second-order valence-electron chi connectivity index (χ2n) is 7.97. The molecule has 0 atom stereocenters. The minimum absolute atomic E-state index is 0.756. The van der Waals surface area contributed by atoms with E-state index in [1.807, 2.05) is 12.1 Å². The average molecular weight is 430 g/mol. The molecule has 2 heteroatoms. The molecule has 1 nitrogen and oxygen atoms in total. The molecule has 152 valence electrons. The van der Waals surface area contributed by atoms with Crippen molar-refractivity contribution in [1.29, 1.82) is 0 Å². The summed E-state index contributed by atoms with van der Waals surface area (Å²) in [6.07, 6.45) is 0. The Balaban J connectivity index is 1.56. The quantitative estimate of drug-likeness (QED) is 0.265. The highest BCUT2D eigenvalue weighted by molar-refractivity contribution is 6.30. The van der Waals surface area contributed by atoms with Gasteiger partial charge in [0.05, 0.1) is 11.0 Å². The lowest BCUT2D eigenvalue weighted by atomic mass is 9.97. The Morgan fingerprint density at radius 3 is 1.81 bits per heavy atom. The number of nitrogens with zero attached hydrogens (tertiary/aromatic N) is 1. The minimum Gasteiger partial charge on any atom is -0.309 e. The molecule has 32 heavy (non-hydrogen) atoms. The van der Waals surface area contributed by atoms with Crippen LogP contribution >= 0.6 is 11.6 Å². The Labute approximate surface area is 192 Å². The molecule has 0 aliphatic rings. The zero-order chi connectivity index (χ0) is 21.5. The van der Waals surface area contributed by atoms with Crippen molar-refractivity contribution in [2.24, 2.45) is 0 Å².